The van der Waals surface area contributed by atoms with Crippen LogP contribution in [0.3, 0.4) is 0 Å². The number of nitrogens with one attached hydrogen (secondary N) is 1. The van der Waals surface area contributed by atoms with Crippen LogP contribution in [-0.4, -0.2) is 35.6 Å². The topological polar surface area (TPSA) is 61.7 Å². The zero-order chi connectivity index (χ0) is 14.9. The van der Waals surface area contributed by atoms with Crippen molar-refractivity contribution in [3.05, 3.63) is 42.0 Å². The molecule has 0 aliphatic carbocycles. The molecule has 3 N–H and O–H groups in total. The highest BCUT2D eigenvalue weighted by Crippen LogP contribution is 2.32. The number of phenols is 1. The first kappa shape index (κ1) is 14.3. The van der Waals surface area contributed by atoms with Crippen LogP contribution in [0.1, 0.15) is 24.9 Å². The zero-order valence-electron chi connectivity index (χ0n) is 12.2. The molecule has 4 nitrogen and oxygen atoms in total. The molecular formula is C17H21NO3. The van der Waals surface area contributed by atoms with Crippen molar-refractivity contribution in [2.24, 2.45) is 0 Å². The number of phenolic OH excluding ortho intramolecular Hbond substituents is 1. The van der Waals surface area contributed by atoms with Gasteiger partial charge in [0.25, 0.3) is 0 Å². The first-order valence-electron chi connectivity index (χ1n) is 7.33. The molecule has 2 aromatic carbocycles. The van der Waals surface area contributed by atoms with Crippen LogP contribution in [0, 0.1) is 0 Å². The van der Waals surface area contributed by atoms with E-state index >= 15 is 0 Å². The summed E-state index contributed by atoms with van der Waals surface area (Å²) in [5.41, 5.74) is 0.0528. The third kappa shape index (κ3) is 2.88. The van der Waals surface area contributed by atoms with E-state index in [9.17, 15) is 10.2 Å². The van der Waals surface area contributed by atoms with Crippen molar-refractivity contribution in [3.8, 4) is 5.75 Å². The lowest BCUT2D eigenvalue weighted by atomic mass is 9.99. The largest absolute Gasteiger partial charge is 0.507 e. The second-order valence-electron chi connectivity index (χ2n) is 5.85. The lowest BCUT2D eigenvalue weighted by Gasteiger charge is -2.24. The number of aromatic hydroxyl groups is 1. The van der Waals surface area contributed by atoms with Crippen LogP contribution < -0.4 is 5.32 Å². The van der Waals surface area contributed by atoms with Gasteiger partial charge in [-0.3, -0.25) is 0 Å². The van der Waals surface area contributed by atoms with Gasteiger partial charge < -0.3 is 20.3 Å². The highest BCUT2D eigenvalue weighted by Gasteiger charge is 2.32. The predicted octanol–water partition coefficient (Wildman–Crippen LogP) is 2.35. The van der Waals surface area contributed by atoms with E-state index in [1.807, 2.05) is 43.3 Å². The monoisotopic (exact) mass is 287 g/mol. The van der Waals surface area contributed by atoms with Gasteiger partial charge in [0.05, 0.1) is 6.61 Å². The zero-order valence-corrected chi connectivity index (χ0v) is 12.2. The average Bonchev–Trinajstić information content (AvgIpc) is 2.93. The first-order valence-corrected chi connectivity index (χ1v) is 7.33. The van der Waals surface area contributed by atoms with Crippen LogP contribution in [-0.2, 0) is 4.74 Å². The van der Waals surface area contributed by atoms with Crippen LogP contribution in [0.15, 0.2) is 36.4 Å². The Morgan fingerprint density at radius 1 is 1.29 bits per heavy atom. The molecule has 0 aromatic heterocycles. The molecule has 3 rings (SSSR count). The molecule has 1 saturated heterocycles. The molecule has 2 aromatic rings. The van der Waals surface area contributed by atoms with Crippen LogP contribution in [0.5, 0.6) is 5.75 Å². The second kappa shape index (κ2) is 5.64. The van der Waals surface area contributed by atoms with Crippen LogP contribution >= 0.6 is 0 Å². The summed E-state index contributed by atoms with van der Waals surface area (Å²) >= 11 is 0. The van der Waals surface area contributed by atoms with Crippen molar-refractivity contribution in [1.82, 2.24) is 5.32 Å². The van der Waals surface area contributed by atoms with Gasteiger partial charge in [0.2, 0.25) is 0 Å². The summed E-state index contributed by atoms with van der Waals surface area (Å²) in [6, 6.07) is 11.7. The summed E-state index contributed by atoms with van der Waals surface area (Å²) in [5, 5.41) is 25.9. The van der Waals surface area contributed by atoms with E-state index in [4.69, 9.17) is 4.74 Å². The highest BCUT2D eigenvalue weighted by atomic mass is 16.5. The highest BCUT2D eigenvalue weighted by molar-refractivity contribution is 5.89. The van der Waals surface area contributed by atoms with Gasteiger partial charge in [0, 0.05) is 36.6 Å². The molecule has 0 saturated carbocycles. The van der Waals surface area contributed by atoms with E-state index in [0.717, 1.165) is 16.3 Å². The standard InChI is InChI=1S/C17H21NO3/c1-12(18-10-17(20)8-9-21-11-17)14-7-6-13-4-2-3-5-15(13)16(14)19/h2-7,12,18-20H,8-11H2,1H3. The summed E-state index contributed by atoms with van der Waals surface area (Å²) in [4.78, 5) is 0. The molecule has 2 atom stereocenters. The Labute approximate surface area is 124 Å². The molecule has 4 heteroatoms. The molecule has 2 unspecified atom stereocenters. The maximum absolute atomic E-state index is 10.4. The fourth-order valence-electron chi connectivity index (χ4n) is 2.81. The Morgan fingerprint density at radius 2 is 2.10 bits per heavy atom. The molecule has 0 amide bonds. The molecule has 1 aliphatic rings. The van der Waals surface area contributed by atoms with E-state index in [1.54, 1.807) is 0 Å². The smallest absolute Gasteiger partial charge is 0.128 e. The molecule has 112 valence electrons. The van der Waals surface area contributed by atoms with Crippen LogP contribution in [0.25, 0.3) is 10.8 Å². The van der Waals surface area contributed by atoms with Crippen molar-refractivity contribution in [1.29, 1.82) is 0 Å². The number of aliphatic hydroxyl groups is 1. The van der Waals surface area contributed by atoms with Gasteiger partial charge in [0.1, 0.15) is 11.4 Å². The number of benzene rings is 2. The van der Waals surface area contributed by atoms with Gasteiger partial charge in [-0.25, -0.2) is 0 Å². The van der Waals surface area contributed by atoms with E-state index < -0.39 is 5.60 Å². The minimum atomic E-state index is -0.791. The predicted molar refractivity (Wildman–Crippen MR) is 82.4 cm³/mol. The van der Waals surface area contributed by atoms with Crippen molar-refractivity contribution < 1.29 is 14.9 Å². The Balaban J connectivity index is 1.78. The number of hydrogen-bond donors (Lipinski definition) is 3. The molecular weight excluding hydrogens is 266 g/mol. The second-order valence-corrected chi connectivity index (χ2v) is 5.85. The Bertz CT molecular complexity index is 635. The molecule has 1 aliphatic heterocycles. The van der Waals surface area contributed by atoms with Crippen molar-refractivity contribution >= 4 is 10.8 Å². The number of fused-ring (bicyclic) bond motifs is 1. The summed E-state index contributed by atoms with van der Waals surface area (Å²) in [6.07, 6.45) is 0.649. The van der Waals surface area contributed by atoms with Gasteiger partial charge in [0.15, 0.2) is 0 Å². The Morgan fingerprint density at radius 3 is 2.86 bits per heavy atom. The Hall–Kier alpha value is -1.62. The van der Waals surface area contributed by atoms with Crippen molar-refractivity contribution in [2.75, 3.05) is 19.8 Å². The summed E-state index contributed by atoms with van der Waals surface area (Å²) < 4.78 is 5.24. The molecule has 0 radical (unpaired) electrons. The molecule has 0 spiro atoms. The third-order valence-electron chi connectivity index (χ3n) is 4.22. The number of rotatable bonds is 4. The molecule has 21 heavy (non-hydrogen) atoms. The van der Waals surface area contributed by atoms with E-state index in [1.165, 1.54) is 0 Å². The quantitative estimate of drug-likeness (QED) is 0.808. The van der Waals surface area contributed by atoms with Gasteiger partial charge >= 0.3 is 0 Å². The summed E-state index contributed by atoms with van der Waals surface area (Å²) in [6.45, 7) is 3.42. The average molecular weight is 287 g/mol. The molecule has 1 heterocycles. The fourth-order valence-corrected chi connectivity index (χ4v) is 2.81. The third-order valence-corrected chi connectivity index (χ3v) is 4.22. The van der Waals surface area contributed by atoms with Crippen LogP contribution in [0.4, 0.5) is 0 Å². The first-order chi connectivity index (χ1) is 10.1. The van der Waals surface area contributed by atoms with Gasteiger partial charge in [-0.2, -0.15) is 0 Å². The summed E-state index contributed by atoms with van der Waals surface area (Å²) in [5.74, 6) is 0.308. The fraction of sp³-hybridized carbons (Fsp3) is 0.412. The minimum Gasteiger partial charge on any atom is -0.507 e. The van der Waals surface area contributed by atoms with Gasteiger partial charge in [-0.05, 0) is 12.3 Å². The Kier molecular flexibility index (Phi) is 3.85. The van der Waals surface area contributed by atoms with E-state index in [0.29, 0.717) is 31.9 Å². The molecule has 0 bridgehead atoms. The lowest BCUT2D eigenvalue weighted by molar-refractivity contribution is 0.0251. The van der Waals surface area contributed by atoms with Crippen LogP contribution in [0.2, 0.25) is 0 Å². The molecule has 1 fully saturated rings. The maximum Gasteiger partial charge on any atom is 0.128 e. The van der Waals surface area contributed by atoms with Gasteiger partial charge in [-0.15, -0.1) is 0 Å². The lowest BCUT2D eigenvalue weighted by Crippen LogP contribution is -2.41. The van der Waals surface area contributed by atoms with Crippen molar-refractivity contribution in [2.45, 2.75) is 25.0 Å². The van der Waals surface area contributed by atoms with E-state index in [-0.39, 0.29) is 6.04 Å². The number of ether oxygens (including phenoxy) is 1. The summed E-state index contributed by atoms with van der Waals surface area (Å²) in [7, 11) is 0. The van der Waals surface area contributed by atoms with Crippen molar-refractivity contribution in [3.63, 3.8) is 0 Å². The normalized spacial score (nSPS) is 23.5. The number of hydrogen-bond acceptors (Lipinski definition) is 4. The maximum atomic E-state index is 10.4. The minimum absolute atomic E-state index is 0.0424. The SMILES string of the molecule is CC(NCC1(O)CCOC1)c1ccc2ccccc2c1O. The van der Waals surface area contributed by atoms with Gasteiger partial charge in [-0.1, -0.05) is 36.4 Å². The van der Waals surface area contributed by atoms with E-state index in [2.05, 4.69) is 5.32 Å².